The van der Waals surface area contributed by atoms with Gasteiger partial charge in [-0.25, -0.2) is 0 Å². The number of aliphatic hydroxyl groups is 1. The van der Waals surface area contributed by atoms with E-state index >= 15 is 0 Å². The lowest BCUT2D eigenvalue weighted by atomic mass is 9.93. The van der Waals surface area contributed by atoms with Gasteiger partial charge in [-0.2, -0.15) is 0 Å². The van der Waals surface area contributed by atoms with Gasteiger partial charge in [0, 0.05) is 6.61 Å². The molecule has 3 N–H and O–H groups in total. The molecule has 1 aromatic carbocycles. The normalized spacial score (nSPS) is 14.3. The third-order valence-corrected chi connectivity index (χ3v) is 3.00. The second-order valence-corrected chi connectivity index (χ2v) is 4.70. The molecule has 0 heterocycles. The van der Waals surface area contributed by atoms with E-state index in [-0.39, 0.29) is 13.2 Å². The Kier molecular flexibility index (Phi) is 7.67. The molecule has 0 saturated carbocycles. The highest BCUT2D eigenvalue weighted by molar-refractivity contribution is 5.24. The molecule has 0 aliphatic heterocycles. The zero-order valence-corrected chi connectivity index (χ0v) is 11.7. The maximum atomic E-state index is 9.48. The van der Waals surface area contributed by atoms with Gasteiger partial charge in [-0.15, -0.1) is 0 Å². The second kappa shape index (κ2) is 9.04. The number of ether oxygens (including phenoxy) is 2. The van der Waals surface area contributed by atoms with E-state index < -0.39 is 5.54 Å². The molecule has 0 fully saturated rings. The molecule has 4 heteroatoms. The summed E-state index contributed by atoms with van der Waals surface area (Å²) in [5, 5.41) is 9.48. The van der Waals surface area contributed by atoms with Crippen LogP contribution >= 0.6 is 0 Å². The fourth-order valence-electron chi connectivity index (χ4n) is 1.71. The van der Waals surface area contributed by atoms with Gasteiger partial charge in [-0.05, 0) is 12.0 Å². The molecule has 0 aliphatic carbocycles. The van der Waals surface area contributed by atoms with Crippen LogP contribution in [0, 0.1) is 0 Å². The van der Waals surface area contributed by atoms with Gasteiger partial charge in [-0.1, -0.05) is 43.7 Å². The lowest BCUT2D eigenvalue weighted by molar-refractivity contribution is 0.0126. The molecule has 0 radical (unpaired) electrons. The number of benzene rings is 1. The van der Waals surface area contributed by atoms with Crippen molar-refractivity contribution < 1.29 is 14.6 Å². The topological polar surface area (TPSA) is 64.7 Å². The predicted octanol–water partition coefficient (Wildman–Crippen LogP) is 1.67. The first-order valence-electron chi connectivity index (χ1n) is 6.83. The molecule has 0 spiro atoms. The molecule has 0 aromatic heterocycles. The molecule has 1 aromatic rings. The fraction of sp³-hybridized carbons (Fsp3) is 0.600. The Morgan fingerprint density at radius 3 is 2.42 bits per heavy atom. The van der Waals surface area contributed by atoms with E-state index in [1.807, 2.05) is 30.3 Å². The predicted molar refractivity (Wildman–Crippen MR) is 75.9 cm³/mol. The molecule has 0 bridgehead atoms. The monoisotopic (exact) mass is 267 g/mol. The Morgan fingerprint density at radius 1 is 1.11 bits per heavy atom. The van der Waals surface area contributed by atoms with Gasteiger partial charge in [0.25, 0.3) is 0 Å². The number of hydrogen-bond donors (Lipinski definition) is 2. The molecule has 0 amide bonds. The van der Waals surface area contributed by atoms with Crippen LogP contribution in [0.25, 0.3) is 0 Å². The molecule has 0 aliphatic rings. The highest BCUT2D eigenvalue weighted by Crippen LogP contribution is 2.17. The van der Waals surface area contributed by atoms with Gasteiger partial charge in [0.05, 0.1) is 32.0 Å². The van der Waals surface area contributed by atoms with E-state index in [9.17, 15) is 5.11 Å². The minimum Gasteiger partial charge on any atom is -0.394 e. The van der Waals surface area contributed by atoms with Crippen LogP contribution in [-0.2, 0) is 15.0 Å². The molecular weight excluding hydrogens is 242 g/mol. The summed E-state index contributed by atoms with van der Waals surface area (Å²) in [7, 11) is 0. The van der Waals surface area contributed by atoms with Gasteiger partial charge in [0.15, 0.2) is 0 Å². The average Bonchev–Trinajstić information content (AvgIpc) is 2.47. The zero-order chi connectivity index (χ0) is 14.0. The summed E-state index contributed by atoms with van der Waals surface area (Å²) in [6.45, 7) is 4.10. The van der Waals surface area contributed by atoms with Crippen LogP contribution in [-0.4, -0.2) is 38.1 Å². The minimum atomic E-state index is -0.843. The highest BCUT2D eigenvalue weighted by atomic mass is 16.5. The number of rotatable bonds is 10. The maximum absolute atomic E-state index is 9.48. The van der Waals surface area contributed by atoms with Gasteiger partial charge in [0.2, 0.25) is 0 Å². The highest BCUT2D eigenvalue weighted by Gasteiger charge is 2.26. The fourth-order valence-corrected chi connectivity index (χ4v) is 1.71. The summed E-state index contributed by atoms with van der Waals surface area (Å²) >= 11 is 0. The van der Waals surface area contributed by atoms with Gasteiger partial charge >= 0.3 is 0 Å². The van der Waals surface area contributed by atoms with Crippen LogP contribution < -0.4 is 5.73 Å². The van der Waals surface area contributed by atoms with Crippen LogP contribution in [0.4, 0.5) is 0 Å². The lowest BCUT2D eigenvalue weighted by Gasteiger charge is -2.27. The number of nitrogens with two attached hydrogens (primary N) is 1. The first-order chi connectivity index (χ1) is 9.23. The number of hydrogen-bond acceptors (Lipinski definition) is 4. The number of aliphatic hydroxyl groups excluding tert-OH is 1. The van der Waals surface area contributed by atoms with Crippen molar-refractivity contribution in [1.82, 2.24) is 0 Å². The molecular formula is C15H25NO3. The molecule has 108 valence electrons. The summed E-state index contributed by atoms with van der Waals surface area (Å²) in [4.78, 5) is 0. The van der Waals surface area contributed by atoms with Crippen molar-refractivity contribution >= 4 is 0 Å². The van der Waals surface area contributed by atoms with Crippen molar-refractivity contribution in [3.8, 4) is 0 Å². The van der Waals surface area contributed by atoms with Crippen LogP contribution in [0.5, 0.6) is 0 Å². The van der Waals surface area contributed by atoms with E-state index in [0.717, 1.165) is 25.0 Å². The third-order valence-electron chi connectivity index (χ3n) is 3.00. The van der Waals surface area contributed by atoms with Crippen LogP contribution in [0.3, 0.4) is 0 Å². The standard InChI is InChI=1S/C15H25NO3/c1-2-3-9-18-10-11-19-13-15(16,12-17)14-7-5-4-6-8-14/h4-8,17H,2-3,9-13,16H2,1H3. The first kappa shape index (κ1) is 16.1. The van der Waals surface area contributed by atoms with Crippen molar-refractivity contribution in [2.75, 3.05) is 33.0 Å². The average molecular weight is 267 g/mol. The van der Waals surface area contributed by atoms with E-state index in [1.54, 1.807) is 0 Å². The summed E-state index contributed by atoms with van der Waals surface area (Å²) in [5.41, 5.74) is 6.20. The smallest absolute Gasteiger partial charge is 0.0881 e. The van der Waals surface area contributed by atoms with E-state index in [1.165, 1.54) is 0 Å². The second-order valence-electron chi connectivity index (χ2n) is 4.70. The first-order valence-corrected chi connectivity index (χ1v) is 6.83. The van der Waals surface area contributed by atoms with Crippen LogP contribution in [0.15, 0.2) is 30.3 Å². The van der Waals surface area contributed by atoms with Crippen LogP contribution in [0.1, 0.15) is 25.3 Å². The molecule has 19 heavy (non-hydrogen) atoms. The molecule has 1 atom stereocenters. The Hall–Kier alpha value is -0.940. The Balaban J connectivity index is 2.29. The molecule has 1 rings (SSSR count). The maximum Gasteiger partial charge on any atom is 0.0881 e. The summed E-state index contributed by atoms with van der Waals surface area (Å²) in [6.07, 6.45) is 2.20. The van der Waals surface area contributed by atoms with Crippen molar-refractivity contribution in [3.05, 3.63) is 35.9 Å². The zero-order valence-electron chi connectivity index (χ0n) is 11.7. The van der Waals surface area contributed by atoms with Crippen molar-refractivity contribution in [2.45, 2.75) is 25.3 Å². The number of unbranched alkanes of at least 4 members (excludes halogenated alkanes) is 1. The summed E-state index contributed by atoms with van der Waals surface area (Å²) in [5.74, 6) is 0. The SMILES string of the molecule is CCCCOCCOCC(N)(CO)c1ccccc1. The molecule has 0 saturated heterocycles. The minimum absolute atomic E-state index is 0.145. The largest absolute Gasteiger partial charge is 0.394 e. The van der Waals surface area contributed by atoms with E-state index in [0.29, 0.717) is 13.2 Å². The summed E-state index contributed by atoms with van der Waals surface area (Å²) < 4.78 is 10.9. The van der Waals surface area contributed by atoms with Crippen LogP contribution in [0.2, 0.25) is 0 Å². The van der Waals surface area contributed by atoms with Gasteiger partial charge in [0.1, 0.15) is 0 Å². The van der Waals surface area contributed by atoms with Crippen molar-refractivity contribution in [3.63, 3.8) is 0 Å². The summed E-state index contributed by atoms with van der Waals surface area (Å²) in [6, 6.07) is 9.53. The molecule has 1 unspecified atom stereocenters. The van der Waals surface area contributed by atoms with Gasteiger partial charge < -0.3 is 20.3 Å². The van der Waals surface area contributed by atoms with Crippen molar-refractivity contribution in [2.24, 2.45) is 5.73 Å². The Morgan fingerprint density at radius 2 is 1.79 bits per heavy atom. The quantitative estimate of drug-likeness (QED) is 0.633. The van der Waals surface area contributed by atoms with E-state index in [4.69, 9.17) is 15.2 Å². The molecule has 4 nitrogen and oxygen atoms in total. The van der Waals surface area contributed by atoms with E-state index in [2.05, 4.69) is 6.92 Å². The van der Waals surface area contributed by atoms with Gasteiger partial charge in [-0.3, -0.25) is 0 Å². The Labute approximate surface area is 115 Å². The lowest BCUT2D eigenvalue weighted by Crippen LogP contribution is -2.45. The third kappa shape index (κ3) is 5.70. The van der Waals surface area contributed by atoms with Crippen molar-refractivity contribution in [1.29, 1.82) is 0 Å². The Bertz CT molecular complexity index is 331.